The van der Waals surface area contributed by atoms with Gasteiger partial charge in [0.05, 0.1) is 4.90 Å². The Labute approximate surface area is 114 Å². The van der Waals surface area contributed by atoms with E-state index in [0.717, 1.165) is 19.0 Å². The number of sulfonamides is 1. The first-order valence-corrected chi connectivity index (χ1v) is 7.92. The summed E-state index contributed by atoms with van der Waals surface area (Å²) in [6, 6.07) is 6.79. The fourth-order valence-electron chi connectivity index (χ4n) is 2.21. The third kappa shape index (κ3) is 3.46. The van der Waals surface area contributed by atoms with E-state index in [2.05, 4.69) is 18.7 Å². The monoisotopic (exact) mass is 284 g/mol. The highest BCUT2D eigenvalue weighted by Gasteiger charge is 2.30. The fraction of sp³-hybridized carbons (Fsp3) is 0.538. The maximum Gasteiger partial charge on any atom is 0.238 e. The van der Waals surface area contributed by atoms with Crippen LogP contribution in [0.15, 0.2) is 29.2 Å². The highest BCUT2D eigenvalue weighted by Crippen LogP contribution is 2.23. The van der Waals surface area contributed by atoms with Crippen molar-refractivity contribution in [2.45, 2.75) is 24.8 Å². The van der Waals surface area contributed by atoms with Gasteiger partial charge in [-0.1, -0.05) is 6.92 Å². The van der Waals surface area contributed by atoms with E-state index in [1.54, 1.807) is 12.1 Å². The van der Waals surface area contributed by atoms with Crippen molar-refractivity contribution in [2.75, 3.05) is 19.7 Å². The highest BCUT2D eigenvalue weighted by molar-refractivity contribution is 7.89. The van der Waals surface area contributed by atoms with Gasteiger partial charge in [-0.05, 0) is 37.1 Å². The van der Waals surface area contributed by atoms with Crippen LogP contribution in [0, 0.1) is 5.92 Å². The van der Waals surface area contributed by atoms with Gasteiger partial charge < -0.3 is 4.74 Å². The molecule has 2 N–H and O–H groups in total. The van der Waals surface area contributed by atoms with Crippen molar-refractivity contribution in [3.8, 4) is 5.75 Å². The fourth-order valence-corrected chi connectivity index (χ4v) is 2.73. The number of hydrogen-bond donors (Lipinski definition) is 1. The zero-order valence-electron chi connectivity index (χ0n) is 11.2. The van der Waals surface area contributed by atoms with Crippen molar-refractivity contribution in [2.24, 2.45) is 11.1 Å². The standard InChI is InChI=1S/C13H20N2O3S/c1-10-9-15(11(10)2)7-8-18-12-3-5-13(6-4-12)19(14,16)17/h3-6,10-11H,7-9H2,1-2H3,(H2,14,16,17)/t10-,11-/m1/s1. The van der Waals surface area contributed by atoms with E-state index in [0.29, 0.717) is 18.4 Å². The Bertz CT molecular complexity index is 527. The first-order chi connectivity index (χ1) is 8.88. The summed E-state index contributed by atoms with van der Waals surface area (Å²) in [7, 11) is -3.63. The second-order valence-electron chi connectivity index (χ2n) is 5.08. The van der Waals surface area contributed by atoms with E-state index in [-0.39, 0.29) is 4.90 Å². The molecule has 0 saturated carbocycles. The van der Waals surface area contributed by atoms with Crippen molar-refractivity contribution in [1.29, 1.82) is 0 Å². The zero-order valence-corrected chi connectivity index (χ0v) is 12.1. The number of nitrogens with zero attached hydrogens (tertiary/aromatic N) is 1. The maximum absolute atomic E-state index is 11.1. The van der Waals surface area contributed by atoms with Gasteiger partial charge in [-0.2, -0.15) is 0 Å². The van der Waals surface area contributed by atoms with Crippen molar-refractivity contribution >= 4 is 10.0 Å². The number of benzene rings is 1. The van der Waals surface area contributed by atoms with Crippen LogP contribution < -0.4 is 9.88 Å². The lowest BCUT2D eigenvalue weighted by Gasteiger charge is -2.44. The molecule has 1 aromatic carbocycles. The van der Waals surface area contributed by atoms with Crippen LogP contribution in [0.25, 0.3) is 0 Å². The highest BCUT2D eigenvalue weighted by atomic mass is 32.2. The predicted molar refractivity (Wildman–Crippen MR) is 73.5 cm³/mol. The average Bonchev–Trinajstić information content (AvgIpc) is 2.37. The predicted octanol–water partition coefficient (Wildman–Crippen LogP) is 1.05. The van der Waals surface area contributed by atoms with E-state index < -0.39 is 10.0 Å². The second-order valence-corrected chi connectivity index (χ2v) is 6.64. The van der Waals surface area contributed by atoms with Crippen LogP contribution in [0.4, 0.5) is 0 Å². The number of rotatable bonds is 5. The molecule has 0 aromatic heterocycles. The molecule has 1 aromatic rings. The minimum Gasteiger partial charge on any atom is -0.492 e. The maximum atomic E-state index is 11.1. The Hall–Kier alpha value is -1.11. The summed E-state index contributed by atoms with van der Waals surface area (Å²) in [5, 5.41) is 5.03. The molecule has 5 nitrogen and oxygen atoms in total. The number of nitrogens with two attached hydrogens (primary N) is 1. The van der Waals surface area contributed by atoms with E-state index >= 15 is 0 Å². The van der Waals surface area contributed by atoms with Gasteiger partial charge in [0.2, 0.25) is 10.0 Å². The van der Waals surface area contributed by atoms with Crippen LogP contribution in [0.5, 0.6) is 5.75 Å². The van der Waals surface area contributed by atoms with Crippen molar-refractivity contribution < 1.29 is 13.2 Å². The lowest BCUT2D eigenvalue weighted by Crippen LogP contribution is -2.54. The van der Waals surface area contributed by atoms with Gasteiger partial charge in [-0.25, -0.2) is 13.6 Å². The normalized spacial score (nSPS) is 23.9. The van der Waals surface area contributed by atoms with E-state index in [1.165, 1.54) is 12.1 Å². The van der Waals surface area contributed by atoms with Gasteiger partial charge in [0.25, 0.3) is 0 Å². The van der Waals surface area contributed by atoms with Gasteiger partial charge in [-0.3, -0.25) is 4.90 Å². The average molecular weight is 284 g/mol. The molecule has 0 bridgehead atoms. The molecule has 0 aliphatic carbocycles. The van der Waals surface area contributed by atoms with Crippen LogP contribution in [-0.4, -0.2) is 39.1 Å². The number of likely N-dealkylation sites (tertiary alicyclic amines) is 1. The number of primary sulfonamides is 1. The molecule has 0 unspecified atom stereocenters. The largest absolute Gasteiger partial charge is 0.492 e. The van der Waals surface area contributed by atoms with E-state index in [4.69, 9.17) is 9.88 Å². The van der Waals surface area contributed by atoms with Crippen LogP contribution in [-0.2, 0) is 10.0 Å². The van der Waals surface area contributed by atoms with E-state index in [1.807, 2.05) is 0 Å². The lowest BCUT2D eigenvalue weighted by molar-refractivity contribution is 0.0269. The van der Waals surface area contributed by atoms with Gasteiger partial charge in [0, 0.05) is 19.1 Å². The SMILES string of the molecule is C[C@@H]1CN(CCOc2ccc(S(N)(=O)=O)cc2)[C@@H]1C. The third-order valence-corrected chi connectivity index (χ3v) is 4.65. The second kappa shape index (κ2) is 5.48. The summed E-state index contributed by atoms with van der Waals surface area (Å²) in [6.45, 7) is 7.08. The molecular weight excluding hydrogens is 264 g/mol. The minimum atomic E-state index is -3.63. The molecule has 1 heterocycles. The van der Waals surface area contributed by atoms with Crippen LogP contribution in [0.3, 0.4) is 0 Å². The summed E-state index contributed by atoms with van der Waals surface area (Å²) < 4.78 is 27.8. The first-order valence-electron chi connectivity index (χ1n) is 6.37. The number of hydrogen-bond acceptors (Lipinski definition) is 4. The van der Waals surface area contributed by atoms with Gasteiger partial charge in [0.1, 0.15) is 12.4 Å². The molecule has 2 rings (SSSR count). The molecule has 1 fully saturated rings. The summed E-state index contributed by atoms with van der Waals surface area (Å²) in [4.78, 5) is 2.47. The summed E-state index contributed by atoms with van der Waals surface area (Å²) in [5.74, 6) is 1.42. The van der Waals surface area contributed by atoms with Crippen LogP contribution in [0.2, 0.25) is 0 Å². The molecular formula is C13H20N2O3S. The molecule has 19 heavy (non-hydrogen) atoms. The van der Waals surface area contributed by atoms with E-state index in [9.17, 15) is 8.42 Å². The number of ether oxygens (including phenoxy) is 1. The van der Waals surface area contributed by atoms with Gasteiger partial charge in [0.15, 0.2) is 0 Å². The quantitative estimate of drug-likeness (QED) is 0.877. The molecule has 106 valence electrons. The summed E-state index contributed by atoms with van der Waals surface area (Å²) in [5.41, 5.74) is 0. The van der Waals surface area contributed by atoms with Crippen molar-refractivity contribution in [3.05, 3.63) is 24.3 Å². The molecule has 1 aliphatic heterocycles. The van der Waals surface area contributed by atoms with Gasteiger partial charge >= 0.3 is 0 Å². The lowest BCUT2D eigenvalue weighted by atomic mass is 9.92. The topological polar surface area (TPSA) is 72.6 Å². The Morgan fingerprint density at radius 2 is 1.95 bits per heavy atom. The summed E-state index contributed by atoms with van der Waals surface area (Å²) in [6.07, 6.45) is 0. The molecule has 0 radical (unpaired) electrons. The molecule has 0 spiro atoms. The Kier molecular flexibility index (Phi) is 4.13. The molecule has 1 aliphatic rings. The Morgan fingerprint density at radius 3 is 2.42 bits per heavy atom. The van der Waals surface area contributed by atoms with Gasteiger partial charge in [-0.15, -0.1) is 0 Å². The Morgan fingerprint density at radius 1 is 1.32 bits per heavy atom. The molecule has 6 heteroatoms. The molecule has 2 atom stereocenters. The molecule has 1 saturated heterocycles. The molecule has 0 amide bonds. The first kappa shape index (κ1) is 14.3. The van der Waals surface area contributed by atoms with Crippen LogP contribution in [0.1, 0.15) is 13.8 Å². The third-order valence-electron chi connectivity index (χ3n) is 3.72. The minimum absolute atomic E-state index is 0.102. The summed E-state index contributed by atoms with van der Waals surface area (Å²) >= 11 is 0. The Balaban J connectivity index is 1.81. The van der Waals surface area contributed by atoms with Crippen molar-refractivity contribution in [3.63, 3.8) is 0 Å². The zero-order chi connectivity index (χ0) is 14.0. The van der Waals surface area contributed by atoms with Crippen LogP contribution >= 0.6 is 0 Å². The van der Waals surface area contributed by atoms with Crippen molar-refractivity contribution in [1.82, 2.24) is 4.90 Å². The smallest absolute Gasteiger partial charge is 0.238 e.